The first-order valence-electron chi connectivity index (χ1n) is 7.48. The zero-order valence-electron chi connectivity index (χ0n) is 12.1. The van der Waals surface area contributed by atoms with Crippen molar-refractivity contribution in [3.8, 4) is 5.88 Å². The maximum atomic E-state index is 5.84. The lowest BCUT2D eigenvalue weighted by Crippen LogP contribution is -2.16. The van der Waals surface area contributed by atoms with Gasteiger partial charge < -0.3 is 15.0 Å². The molecule has 1 saturated carbocycles. The molecular formula is C16H17N5O. The second-order valence-corrected chi connectivity index (χ2v) is 5.57. The van der Waals surface area contributed by atoms with Crippen LogP contribution in [-0.2, 0) is 6.61 Å². The highest BCUT2D eigenvalue weighted by molar-refractivity contribution is 5.77. The van der Waals surface area contributed by atoms with Gasteiger partial charge in [0.25, 0.3) is 0 Å². The van der Waals surface area contributed by atoms with E-state index in [-0.39, 0.29) is 5.95 Å². The number of nitrogen functional groups attached to an aromatic ring is 1. The Hall–Kier alpha value is -2.63. The molecule has 0 unspecified atom stereocenters. The van der Waals surface area contributed by atoms with E-state index in [1.807, 2.05) is 36.7 Å². The number of nitrogens with zero attached hydrogens (tertiary/aromatic N) is 4. The quantitative estimate of drug-likeness (QED) is 0.800. The van der Waals surface area contributed by atoms with Crippen molar-refractivity contribution in [1.82, 2.24) is 19.5 Å². The van der Waals surface area contributed by atoms with Crippen LogP contribution in [0.3, 0.4) is 0 Å². The van der Waals surface area contributed by atoms with Gasteiger partial charge in [-0.2, -0.15) is 9.97 Å². The van der Waals surface area contributed by atoms with Crippen LogP contribution in [-0.4, -0.2) is 19.5 Å². The smallest absolute Gasteiger partial charge is 0.247 e. The molecule has 1 aliphatic rings. The SMILES string of the molecule is Nc1nc(OCc2ccccc2)c2ncn(C3CCC3)c2n1. The minimum atomic E-state index is 0.219. The molecule has 2 heterocycles. The Morgan fingerprint density at radius 3 is 2.73 bits per heavy atom. The summed E-state index contributed by atoms with van der Waals surface area (Å²) >= 11 is 0. The van der Waals surface area contributed by atoms with Crippen LogP contribution >= 0.6 is 0 Å². The van der Waals surface area contributed by atoms with Gasteiger partial charge in [-0.1, -0.05) is 30.3 Å². The lowest BCUT2D eigenvalue weighted by Gasteiger charge is -2.26. The molecule has 1 fully saturated rings. The minimum absolute atomic E-state index is 0.219. The lowest BCUT2D eigenvalue weighted by molar-refractivity contribution is 0.297. The normalized spacial score (nSPS) is 14.9. The summed E-state index contributed by atoms with van der Waals surface area (Å²) in [6.07, 6.45) is 5.39. The van der Waals surface area contributed by atoms with Crippen molar-refractivity contribution in [3.63, 3.8) is 0 Å². The molecule has 6 nitrogen and oxygen atoms in total. The lowest BCUT2D eigenvalue weighted by atomic mass is 9.93. The number of hydrogen-bond acceptors (Lipinski definition) is 5. The Kier molecular flexibility index (Phi) is 3.14. The van der Waals surface area contributed by atoms with E-state index in [1.165, 1.54) is 6.42 Å². The summed E-state index contributed by atoms with van der Waals surface area (Å²) in [5, 5.41) is 0. The summed E-state index contributed by atoms with van der Waals surface area (Å²) in [6, 6.07) is 10.4. The Labute approximate surface area is 128 Å². The topological polar surface area (TPSA) is 78.9 Å². The van der Waals surface area contributed by atoms with Crippen LogP contribution in [0.5, 0.6) is 5.88 Å². The second kappa shape index (κ2) is 5.29. The van der Waals surface area contributed by atoms with Gasteiger partial charge in [0.1, 0.15) is 6.61 Å². The standard InChI is InChI=1S/C16H17N5O/c17-16-19-14-13(18-10-21(14)12-7-4-8-12)15(20-16)22-9-11-5-2-1-3-6-11/h1-3,5-6,10,12H,4,7-9H2,(H2,17,19,20). The number of aromatic nitrogens is 4. The Morgan fingerprint density at radius 1 is 1.18 bits per heavy atom. The molecule has 112 valence electrons. The third kappa shape index (κ3) is 2.26. The van der Waals surface area contributed by atoms with Gasteiger partial charge in [0.15, 0.2) is 11.2 Å². The van der Waals surface area contributed by atoms with Gasteiger partial charge in [0.2, 0.25) is 11.8 Å². The molecule has 22 heavy (non-hydrogen) atoms. The summed E-state index contributed by atoms with van der Waals surface area (Å²) in [7, 11) is 0. The summed E-state index contributed by atoms with van der Waals surface area (Å²) in [4.78, 5) is 13.0. The molecule has 0 spiro atoms. The van der Waals surface area contributed by atoms with Gasteiger partial charge in [-0.3, -0.25) is 0 Å². The first-order valence-corrected chi connectivity index (χ1v) is 7.48. The zero-order valence-corrected chi connectivity index (χ0v) is 12.1. The van der Waals surface area contributed by atoms with Gasteiger partial charge >= 0.3 is 0 Å². The number of benzene rings is 1. The molecule has 0 atom stereocenters. The molecule has 3 aromatic rings. The largest absolute Gasteiger partial charge is 0.471 e. The number of ether oxygens (including phenoxy) is 1. The molecule has 4 rings (SSSR count). The maximum absolute atomic E-state index is 5.84. The average molecular weight is 295 g/mol. The second-order valence-electron chi connectivity index (χ2n) is 5.57. The number of anilines is 1. The van der Waals surface area contributed by atoms with Crippen molar-refractivity contribution in [3.05, 3.63) is 42.2 Å². The third-order valence-corrected chi connectivity index (χ3v) is 4.09. The number of imidazole rings is 1. The van der Waals surface area contributed by atoms with Crippen LogP contribution in [0, 0.1) is 0 Å². The van der Waals surface area contributed by atoms with Crippen molar-refractivity contribution >= 4 is 17.1 Å². The van der Waals surface area contributed by atoms with Crippen LogP contribution in [0.2, 0.25) is 0 Å². The highest BCUT2D eigenvalue weighted by atomic mass is 16.5. The molecular weight excluding hydrogens is 278 g/mol. The van der Waals surface area contributed by atoms with E-state index in [9.17, 15) is 0 Å². The fraction of sp³-hybridized carbons (Fsp3) is 0.312. The summed E-state index contributed by atoms with van der Waals surface area (Å²) < 4.78 is 7.91. The number of nitrogens with two attached hydrogens (primary N) is 1. The van der Waals surface area contributed by atoms with Gasteiger partial charge in [0.05, 0.1) is 6.33 Å². The van der Waals surface area contributed by atoms with Crippen LogP contribution < -0.4 is 10.5 Å². The molecule has 0 saturated heterocycles. The van der Waals surface area contributed by atoms with Gasteiger partial charge in [0, 0.05) is 6.04 Å². The molecule has 2 aromatic heterocycles. The van der Waals surface area contributed by atoms with Crippen LogP contribution in [0.15, 0.2) is 36.7 Å². The zero-order chi connectivity index (χ0) is 14.9. The van der Waals surface area contributed by atoms with Crippen LogP contribution in [0.1, 0.15) is 30.9 Å². The molecule has 1 aliphatic carbocycles. The fourth-order valence-corrected chi connectivity index (χ4v) is 2.67. The first kappa shape index (κ1) is 13.1. The third-order valence-electron chi connectivity index (χ3n) is 4.09. The maximum Gasteiger partial charge on any atom is 0.247 e. The van der Waals surface area contributed by atoms with Crippen molar-refractivity contribution in [2.24, 2.45) is 0 Å². The molecule has 0 bridgehead atoms. The van der Waals surface area contributed by atoms with Gasteiger partial charge in [-0.15, -0.1) is 0 Å². The molecule has 2 N–H and O–H groups in total. The first-order chi connectivity index (χ1) is 10.8. The number of fused-ring (bicyclic) bond motifs is 1. The average Bonchev–Trinajstić information content (AvgIpc) is 2.88. The van der Waals surface area contributed by atoms with E-state index in [1.54, 1.807) is 0 Å². The van der Waals surface area contributed by atoms with Crippen LogP contribution in [0.4, 0.5) is 5.95 Å². The van der Waals surface area contributed by atoms with E-state index < -0.39 is 0 Å². The molecule has 1 aromatic carbocycles. The van der Waals surface area contributed by atoms with Crippen LogP contribution in [0.25, 0.3) is 11.2 Å². The number of rotatable bonds is 4. The molecule has 0 radical (unpaired) electrons. The Morgan fingerprint density at radius 2 is 2.00 bits per heavy atom. The van der Waals surface area contributed by atoms with Gasteiger partial charge in [-0.25, -0.2) is 4.98 Å². The van der Waals surface area contributed by atoms with E-state index in [0.717, 1.165) is 24.1 Å². The monoisotopic (exact) mass is 295 g/mol. The summed E-state index contributed by atoms with van der Waals surface area (Å²) in [5.41, 5.74) is 8.36. The predicted molar refractivity (Wildman–Crippen MR) is 83.4 cm³/mol. The van der Waals surface area contributed by atoms with Crippen molar-refractivity contribution in [2.75, 3.05) is 5.73 Å². The fourth-order valence-electron chi connectivity index (χ4n) is 2.67. The molecule has 0 amide bonds. The van der Waals surface area contributed by atoms with E-state index in [0.29, 0.717) is 24.0 Å². The van der Waals surface area contributed by atoms with Crippen molar-refractivity contribution in [1.29, 1.82) is 0 Å². The van der Waals surface area contributed by atoms with Crippen molar-refractivity contribution in [2.45, 2.75) is 31.9 Å². The predicted octanol–water partition coefficient (Wildman–Crippen LogP) is 2.71. The van der Waals surface area contributed by atoms with E-state index >= 15 is 0 Å². The molecule has 6 heteroatoms. The molecule has 0 aliphatic heterocycles. The van der Waals surface area contributed by atoms with E-state index in [4.69, 9.17) is 10.5 Å². The summed E-state index contributed by atoms with van der Waals surface area (Å²) in [6.45, 7) is 0.433. The van der Waals surface area contributed by atoms with Crippen molar-refractivity contribution < 1.29 is 4.74 Å². The van der Waals surface area contributed by atoms with E-state index in [2.05, 4.69) is 19.5 Å². The Bertz CT molecular complexity index is 795. The minimum Gasteiger partial charge on any atom is -0.471 e. The summed E-state index contributed by atoms with van der Waals surface area (Å²) in [5.74, 6) is 0.668. The Balaban J connectivity index is 1.66. The van der Waals surface area contributed by atoms with Gasteiger partial charge in [-0.05, 0) is 24.8 Å². The highest BCUT2D eigenvalue weighted by Crippen LogP contribution is 2.34. The number of hydrogen-bond donors (Lipinski definition) is 1. The highest BCUT2D eigenvalue weighted by Gasteiger charge is 2.23.